The summed E-state index contributed by atoms with van der Waals surface area (Å²) in [5.41, 5.74) is -0.0131. The van der Waals surface area contributed by atoms with Crippen molar-refractivity contribution < 1.29 is 44.5 Å². The predicted octanol–water partition coefficient (Wildman–Crippen LogP) is -1.36. The Morgan fingerprint density at radius 1 is 1.09 bits per heavy atom. The second-order valence-electron chi connectivity index (χ2n) is 4.64. The lowest BCUT2D eigenvalue weighted by Crippen LogP contribution is -2.42. The van der Waals surface area contributed by atoms with Crippen molar-refractivity contribution in [3.8, 4) is 17.2 Å². The van der Waals surface area contributed by atoms with Crippen molar-refractivity contribution in [3.05, 3.63) is 17.7 Å². The summed E-state index contributed by atoms with van der Waals surface area (Å²) in [6.07, 6.45) is -4.81. The molecule has 0 aromatic heterocycles. The molecule has 3 unspecified atom stereocenters. The van der Waals surface area contributed by atoms with Gasteiger partial charge in [0, 0.05) is 0 Å². The van der Waals surface area contributed by atoms with Crippen LogP contribution >= 0.6 is 0 Å². The molecule has 1 aromatic carbocycles. The molecule has 1 aromatic rings. The Morgan fingerprint density at radius 3 is 2.04 bits per heavy atom. The number of phenolic OH excluding ortho intramolecular Hbond substituents is 1. The maximum Gasteiger partial charge on any atom is 0.338 e. The van der Waals surface area contributed by atoms with E-state index >= 15 is 0 Å². The van der Waals surface area contributed by atoms with E-state index in [2.05, 4.69) is 0 Å². The second kappa shape index (κ2) is 8.53. The van der Waals surface area contributed by atoms with E-state index in [1.165, 1.54) is 26.4 Å². The van der Waals surface area contributed by atoms with E-state index in [1.54, 1.807) is 0 Å². The minimum atomic E-state index is -1.67. The van der Waals surface area contributed by atoms with E-state index in [-0.39, 0.29) is 22.8 Å². The van der Waals surface area contributed by atoms with Gasteiger partial charge in [-0.1, -0.05) is 0 Å². The number of ether oxygens (including phenoxy) is 3. The number of hydrogen-bond donors (Lipinski definition) is 5. The number of carbonyl (C=O) groups excluding carboxylic acids is 1. The van der Waals surface area contributed by atoms with Gasteiger partial charge in [-0.05, 0) is 12.1 Å². The van der Waals surface area contributed by atoms with Crippen LogP contribution < -0.4 is 9.47 Å². The highest BCUT2D eigenvalue weighted by Crippen LogP contribution is 2.37. The molecule has 0 saturated carbocycles. The summed E-state index contributed by atoms with van der Waals surface area (Å²) in [6, 6.07) is 2.43. The van der Waals surface area contributed by atoms with Gasteiger partial charge in [-0.3, -0.25) is 0 Å². The SMILES string of the molecule is COc1cc(C(=O)OCC(O)C(O)C(O)CO)cc(OC)c1O. The van der Waals surface area contributed by atoms with Gasteiger partial charge in [-0.2, -0.15) is 0 Å². The van der Waals surface area contributed by atoms with Crippen LogP contribution in [0.25, 0.3) is 0 Å². The van der Waals surface area contributed by atoms with Crippen LogP contribution in [-0.4, -0.2) is 77.2 Å². The van der Waals surface area contributed by atoms with Gasteiger partial charge < -0.3 is 39.7 Å². The zero-order valence-corrected chi connectivity index (χ0v) is 12.7. The summed E-state index contributed by atoms with van der Waals surface area (Å²) < 4.78 is 14.6. The van der Waals surface area contributed by atoms with E-state index in [0.717, 1.165) is 0 Å². The summed E-state index contributed by atoms with van der Waals surface area (Å²) in [7, 11) is 2.58. The molecule has 9 nitrogen and oxygen atoms in total. The third kappa shape index (κ3) is 4.70. The Morgan fingerprint density at radius 2 is 1.61 bits per heavy atom. The first-order valence-electron chi connectivity index (χ1n) is 6.62. The van der Waals surface area contributed by atoms with Gasteiger partial charge in [0.25, 0.3) is 0 Å². The van der Waals surface area contributed by atoms with Crippen LogP contribution in [0.15, 0.2) is 12.1 Å². The quantitative estimate of drug-likeness (QED) is 0.364. The highest BCUT2D eigenvalue weighted by atomic mass is 16.5. The number of aliphatic hydroxyl groups is 4. The third-order valence-electron chi connectivity index (χ3n) is 3.08. The maximum atomic E-state index is 11.9. The second-order valence-corrected chi connectivity index (χ2v) is 4.64. The van der Waals surface area contributed by atoms with Crippen molar-refractivity contribution >= 4 is 5.97 Å². The fourth-order valence-corrected chi connectivity index (χ4v) is 1.72. The van der Waals surface area contributed by atoms with Crippen molar-refractivity contribution in [2.24, 2.45) is 0 Å². The van der Waals surface area contributed by atoms with E-state index < -0.39 is 37.5 Å². The lowest BCUT2D eigenvalue weighted by atomic mass is 10.1. The molecule has 0 fully saturated rings. The van der Waals surface area contributed by atoms with Crippen molar-refractivity contribution in [3.63, 3.8) is 0 Å². The first-order valence-corrected chi connectivity index (χ1v) is 6.62. The van der Waals surface area contributed by atoms with Crippen LogP contribution in [0.2, 0.25) is 0 Å². The van der Waals surface area contributed by atoms with Gasteiger partial charge in [0.1, 0.15) is 24.9 Å². The highest BCUT2D eigenvalue weighted by Gasteiger charge is 2.26. The molecule has 0 aliphatic carbocycles. The highest BCUT2D eigenvalue weighted by molar-refractivity contribution is 5.91. The molecule has 130 valence electrons. The Balaban J connectivity index is 2.79. The summed E-state index contributed by atoms with van der Waals surface area (Å²) in [4.78, 5) is 11.9. The Bertz CT molecular complexity index is 506. The van der Waals surface area contributed by atoms with Crippen LogP contribution in [0.1, 0.15) is 10.4 Å². The zero-order chi connectivity index (χ0) is 17.6. The normalized spacial score (nSPS) is 14.7. The average molecular weight is 332 g/mol. The molecule has 0 saturated heterocycles. The topological polar surface area (TPSA) is 146 Å². The molecule has 0 spiro atoms. The van der Waals surface area contributed by atoms with Crippen LogP contribution in [-0.2, 0) is 4.74 Å². The first-order chi connectivity index (χ1) is 10.8. The molecule has 5 N–H and O–H groups in total. The number of benzene rings is 1. The van der Waals surface area contributed by atoms with Gasteiger partial charge in [0.2, 0.25) is 5.75 Å². The molecule has 0 amide bonds. The Labute approximate surface area is 132 Å². The van der Waals surface area contributed by atoms with Gasteiger partial charge in [-0.15, -0.1) is 0 Å². The van der Waals surface area contributed by atoms with Gasteiger partial charge in [-0.25, -0.2) is 4.79 Å². The molecule has 3 atom stereocenters. The smallest absolute Gasteiger partial charge is 0.338 e. The third-order valence-corrected chi connectivity index (χ3v) is 3.08. The summed E-state index contributed by atoms with van der Waals surface area (Å²) in [5, 5.41) is 46.6. The standard InChI is InChI=1S/C14H20O9/c1-21-10-3-7(4-11(22-2)13(10)19)14(20)23-6-9(17)12(18)8(16)5-15/h3-4,8-9,12,15-19H,5-6H2,1-2H3. The van der Waals surface area contributed by atoms with E-state index in [9.17, 15) is 25.2 Å². The maximum absolute atomic E-state index is 11.9. The molecule has 0 heterocycles. The lowest BCUT2D eigenvalue weighted by Gasteiger charge is -2.21. The fourth-order valence-electron chi connectivity index (χ4n) is 1.72. The molecule has 9 heteroatoms. The van der Waals surface area contributed by atoms with Crippen molar-refractivity contribution in [2.45, 2.75) is 18.3 Å². The predicted molar refractivity (Wildman–Crippen MR) is 76.6 cm³/mol. The number of methoxy groups -OCH3 is 2. The zero-order valence-electron chi connectivity index (χ0n) is 12.7. The first kappa shape index (κ1) is 19.0. The molecule has 1 rings (SSSR count). The summed E-state index contributed by atoms with van der Waals surface area (Å²) in [6.45, 7) is -1.36. The van der Waals surface area contributed by atoms with Crippen molar-refractivity contribution in [1.82, 2.24) is 0 Å². The van der Waals surface area contributed by atoms with Crippen molar-refractivity contribution in [2.75, 3.05) is 27.4 Å². The van der Waals surface area contributed by atoms with E-state index in [0.29, 0.717) is 0 Å². The van der Waals surface area contributed by atoms with Crippen molar-refractivity contribution in [1.29, 1.82) is 0 Å². The molecule has 0 aliphatic rings. The van der Waals surface area contributed by atoms with Gasteiger partial charge in [0.15, 0.2) is 11.5 Å². The molecule has 0 bridgehead atoms. The van der Waals surface area contributed by atoms with E-state index in [1.807, 2.05) is 0 Å². The average Bonchev–Trinajstić information content (AvgIpc) is 2.57. The molecular formula is C14H20O9. The number of aromatic hydroxyl groups is 1. The van der Waals surface area contributed by atoms with Gasteiger partial charge >= 0.3 is 5.97 Å². The minimum absolute atomic E-state index is 0.00686. The lowest BCUT2D eigenvalue weighted by molar-refractivity contribution is -0.0925. The number of rotatable bonds is 8. The van der Waals surface area contributed by atoms with Crippen LogP contribution in [0.5, 0.6) is 17.2 Å². The Hall–Kier alpha value is -2.07. The molecule has 0 aliphatic heterocycles. The number of aliphatic hydroxyl groups excluding tert-OH is 4. The van der Waals surface area contributed by atoms with E-state index in [4.69, 9.17) is 19.3 Å². The summed E-state index contributed by atoms with van der Waals surface area (Å²) in [5.74, 6) is -1.17. The number of esters is 1. The van der Waals surface area contributed by atoms with Crippen LogP contribution in [0, 0.1) is 0 Å². The van der Waals surface area contributed by atoms with Gasteiger partial charge in [0.05, 0.1) is 26.4 Å². The Kier molecular flexibility index (Phi) is 7.04. The molecule has 23 heavy (non-hydrogen) atoms. The van der Waals surface area contributed by atoms with Crippen LogP contribution in [0.3, 0.4) is 0 Å². The minimum Gasteiger partial charge on any atom is -0.502 e. The molecule has 0 radical (unpaired) electrons. The largest absolute Gasteiger partial charge is 0.502 e. The molecular weight excluding hydrogens is 312 g/mol. The number of carbonyl (C=O) groups is 1. The fraction of sp³-hybridized carbons (Fsp3) is 0.500. The van der Waals surface area contributed by atoms with Crippen LogP contribution in [0.4, 0.5) is 0 Å². The monoisotopic (exact) mass is 332 g/mol. The number of hydrogen-bond acceptors (Lipinski definition) is 9. The summed E-state index contributed by atoms with van der Waals surface area (Å²) >= 11 is 0. The number of phenols is 1.